The van der Waals surface area contributed by atoms with Crippen molar-refractivity contribution in [3.8, 4) is 0 Å². The molecular weight excluding hydrogens is 458 g/mol. The molecule has 2 aromatic carbocycles. The second-order valence-corrected chi connectivity index (χ2v) is 8.01. The molecule has 0 bridgehead atoms. The number of nitrogens with zero attached hydrogens (tertiary/aromatic N) is 4. The van der Waals surface area contributed by atoms with E-state index in [0.29, 0.717) is 39.9 Å². The van der Waals surface area contributed by atoms with Gasteiger partial charge < -0.3 is 10.6 Å². The summed E-state index contributed by atoms with van der Waals surface area (Å²) in [7, 11) is 0. The van der Waals surface area contributed by atoms with Gasteiger partial charge in [0.05, 0.1) is 13.1 Å². The number of anilines is 2. The van der Waals surface area contributed by atoms with Gasteiger partial charge in [0, 0.05) is 23.5 Å². The van der Waals surface area contributed by atoms with Crippen LogP contribution in [-0.2, 0) is 13.1 Å². The molecule has 0 radical (unpaired) electrons. The van der Waals surface area contributed by atoms with E-state index in [1.165, 1.54) is 12.1 Å². The Kier molecular flexibility index (Phi) is 6.50. The molecule has 0 aliphatic carbocycles. The summed E-state index contributed by atoms with van der Waals surface area (Å²) in [5.41, 5.74) is 1.98. The van der Waals surface area contributed by atoms with E-state index in [2.05, 4.69) is 20.8 Å². The fraction of sp³-hybridized carbons (Fsp3) is 0.0952. The summed E-state index contributed by atoms with van der Waals surface area (Å²) in [5.74, 6) is 0.729. The van der Waals surface area contributed by atoms with Gasteiger partial charge >= 0.3 is 0 Å². The third-order valence-corrected chi connectivity index (χ3v) is 5.08. The van der Waals surface area contributed by atoms with E-state index in [-0.39, 0.29) is 5.82 Å². The fourth-order valence-electron chi connectivity index (χ4n) is 2.89. The first kappa shape index (κ1) is 21.3. The molecule has 10 heteroatoms. The molecule has 2 N–H and O–H groups in total. The number of thiocarbonyl (C=S) groups is 1. The number of rotatable bonds is 6. The van der Waals surface area contributed by atoms with E-state index < -0.39 is 0 Å². The van der Waals surface area contributed by atoms with E-state index in [1.54, 1.807) is 27.7 Å². The first-order valence-corrected chi connectivity index (χ1v) is 10.4. The standard InChI is InChI=1S/C21H17Cl2FN6S/c22-16-5-1-14(2-6-16)11-29-10-9-19(27-29)25-21(31)26-20-18(23)13-30(28-20)12-15-3-7-17(24)8-4-15/h1-10,13H,11-12H2,(H2,25,26,27,28,31). The number of halogens is 3. The third-order valence-electron chi connectivity index (χ3n) is 4.35. The molecule has 6 nitrogen and oxygen atoms in total. The van der Waals surface area contributed by atoms with Crippen LogP contribution in [0.4, 0.5) is 16.0 Å². The normalized spacial score (nSPS) is 10.8. The molecule has 31 heavy (non-hydrogen) atoms. The highest BCUT2D eigenvalue weighted by molar-refractivity contribution is 7.80. The molecule has 0 saturated carbocycles. The monoisotopic (exact) mass is 474 g/mol. The van der Waals surface area contributed by atoms with E-state index in [9.17, 15) is 4.39 Å². The maximum Gasteiger partial charge on any atom is 0.177 e. The average Bonchev–Trinajstić information content (AvgIpc) is 3.31. The van der Waals surface area contributed by atoms with Gasteiger partial charge in [0.15, 0.2) is 16.7 Å². The van der Waals surface area contributed by atoms with Crippen LogP contribution in [0.25, 0.3) is 0 Å². The summed E-state index contributed by atoms with van der Waals surface area (Å²) in [4.78, 5) is 0. The van der Waals surface area contributed by atoms with E-state index >= 15 is 0 Å². The zero-order valence-electron chi connectivity index (χ0n) is 16.1. The van der Waals surface area contributed by atoms with Crippen LogP contribution in [0.5, 0.6) is 0 Å². The molecule has 0 spiro atoms. The number of hydrogen-bond acceptors (Lipinski definition) is 3. The van der Waals surface area contributed by atoms with Gasteiger partial charge in [-0.15, -0.1) is 0 Å². The van der Waals surface area contributed by atoms with Gasteiger partial charge in [-0.3, -0.25) is 9.36 Å². The van der Waals surface area contributed by atoms with Crippen LogP contribution in [0.15, 0.2) is 67.0 Å². The molecule has 0 saturated heterocycles. The Bertz CT molecular complexity index is 1190. The Hall–Kier alpha value is -2.94. The lowest BCUT2D eigenvalue weighted by molar-refractivity contribution is 0.624. The molecular formula is C21H17Cl2FN6S. The first-order valence-electron chi connectivity index (χ1n) is 9.28. The van der Waals surface area contributed by atoms with Crippen LogP contribution in [0.2, 0.25) is 10.0 Å². The van der Waals surface area contributed by atoms with Crippen molar-refractivity contribution in [1.82, 2.24) is 19.6 Å². The average molecular weight is 475 g/mol. The molecule has 2 aromatic heterocycles. The van der Waals surface area contributed by atoms with Gasteiger partial charge in [-0.1, -0.05) is 47.5 Å². The fourth-order valence-corrected chi connectivity index (χ4v) is 3.41. The second kappa shape index (κ2) is 9.47. The Labute approximate surface area is 193 Å². The Balaban J connectivity index is 1.34. The zero-order valence-corrected chi connectivity index (χ0v) is 18.4. The molecule has 0 aliphatic rings. The van der Waals surface area contributed by atoms with Gasteiger partial charge in [-0.2, -0.15) is 10.2 Å². The molecule has 158 valence electrons. The molecule has 0 unspecified atom stereocenters. The molecule has 4 rings (SSSR count). The highest BCUT2D eigenvalue weighted by Crippen LogP contribution is 2.20. The first-order chi connectivity index (χ1) is 14.9. The summed E-state index contributed by atoms with van der Waals surface area (Å²) in [5, 5.41) is 16.3. The van der Waals surface area contributed by atoms with Gasteiger partial charge in [0.25, 0.3) is 0 Å². The van der Waals surface area contributed by atoms with E-state index in [1.807, 2.05) is 36.5 Å². The van der Waals surface area contributed by atoms with Crippen molar-refractivity contribution in [3.05, 3.63) is 94.0 Å². The molecule has 0 atom stereocenters. The Morgan fingerprint density at radius 1 is 0.871 bits per heavy atom. The smallest absolute Gasteiger partial charge is 0.177 e. The minimum absolute atomic E-state index is 0.281. The Morgan fingerprint density at radius 3 is 2.23 bits per heavy atom. The van der Waals surface area contributed by atoms with Crippen LogP contribution in [-0.4, -0.2) is 24.7 Å². The quantitative estimate of drug-likeness (QED) is 0.364. The van der Waals surface area contributed by atoms with Gasteiger partial charge in [-0.25, -0.2) is 4.39 Å². The van der Waals surface area contributed by atoms with E-state index in [0.717, 1.165) is 11.1 Å². The lowest BCUT2D eigenvalue weighted by Crippen LogP contribution is -2.20. The minimum Gasteiger partial charge on any atom is -0.316 e. The number of benzene rings is 2. The van der Waals surface area contributed by atoms with Crippen LogP contribution >= 0.6 is 35.4 Å². The largest absolute Gasteiger partial charge is 0.316 e. The summed E-state index contributed by atoms with van der Waals surface area (Å²) in [6, 6.07) is 15.6. The molecule has 4 aromatic rings. The zero-order chi connectivity index (χ0) is 21.8. The lowest BCUT2D eigenvalue weighted by atomic mass is 10.2. The summed E-state index contributed by atoms with van der Waals surface area (Å²) >= 11 is 17.5. The van der Waals surface area contributed by atoms with Gasteiger partial charge in [0.1, 0.15) is 10.8 Å². The van der Waals surface area contributed by atoms with Crippen LogP contribution < -0.4 is 10.6 Å². The van der Waals surface area contributed by atoms with E-state index in [4.69, 9.17) is 35.4 Å². The van der Waals surface area contributed by atoms with Gasteiger partial charge in [0.2, 0.25) is 0 Å². The van der Waals surface area contributed by atoms with Crippen molar-refractivity contribution in [2.45, 2.75) is 13.1 Å². The Morgan fingerprint density at radius 2 is 1.52 bits per heavy atom. The highest BCUT2D eigenvalue weighted by Gasteiger charge is 2.10. The molecule has 0 fully saturated rings. The molecule has 0 aliphatic heterocycles. The number of aromatic nitrogens is 4. The van der Waals surface area contributed by atoms with Crippen molar-refractivity contribution in [1.29, 1.82) is 0 Å². The van der Waals surface area contributed by atoms with Crippen molar-refractivity contribution in [2.24, 2.45) is 0 Å². The SMILES string of the molecule is Fc1ccc(Cn2cc(Cl)c(NC(=S)Nc3ccn(Cc4ccc(Cl)cc4)n3)n2)cc1. The highest BCUT2D eigenvalue weighted by atomic mass is 35.5. The van der Waals surface area contributed by atoms with Crippen molar-refractivity contribution in [3.63, 3.8) is 0 Å². The number of hydrogen-bond donors (Lipinski definition) is 2. The van der Waals surface area contributed by atoms with Crippen molar-refractivity contribution >= 4 is 52.2 Å². The third kappa shape index (κ3) is 5.81. The summed E-state index contributed by atoms with van der Waals surface area (Å²) < 4.78 is 16.5. The minimum atomic E-state index is -0.281. The van der Waals surface area contributed by atoms with Gasteiger partial charge in [-0.05, 0) is 47.6 Å². The van der Waals surface area contributed by atoms with Crippen molar-refractivity contribution < 1.29 is 4.39 Å². The lowest BCUT2D eigenvalue weighted by Gasteiger charge is -2.07. The second-order valence-electron chi connectivity index (χ2n) is 6.75. The molecule has 2 heterocycles. The predicted octanol–water partition coefficient (Wildman–Crippen LogP) is 5.43. The topological polar surface area (TPSA) is 59.7 Å². The van der Waals surface area contributed by atoms with Crippen LogP contribution in [0.3, 0.4) is 0 Å². The maximum absolute atomic E-state index is 13.1. The van der Waals surface area contributed by atoms with Crippen LogP contribution in [0, 0.1) is 5.82 Å². The summed E-state index contributed by atoms with van der Waals surface area (Å²) in [6.07, 6.45) is 3.53. The summed E-state index contributed by atoms with van der Waals surface area (Å²) in [6.45, 7) is 1.07. The predicted molar refractivity (Wildman–Crippen MR) is 125 cm³/mol. The number of nitrogens with one attached hydrogen (secondary N) is 2. The van der Waals surface area contributed by atoms with Crippen LogP contribution in [0.1, 0.15) is 11.1 Å². The maximum atomic E-state index is 13.1. The van der Waals surface area contributed by atoms with Crippen molar-refractivity contribution in [2.75, 3.05) is 10.6 Å². The molecule has 0 amide bonds.